The number of hydrogen-bond donors (Lipinski definition) is 1. The van der Waals surface area contributed by atoms with Crippen LogP contribution in [0.2, 0.25) is 0 Å². The van der Waals surface area contributed by atoms with Crippen LogP contribution in [0.25, 0.3) is 10.2 Å². The van der Waals surface area contributed by atoms with Gasteiger partial charge in [0.2, 0.25) is 0 Å². The fourth-order valence-corrected chi connectivity index (χ4v) is 5.74. The van der Waals surface area contributed by atoms with Crippen LogP contribution in [0.15, 0.2) is 45.9 Å². The summed E-state index contributed by atoms with van der Waals surface area (Å²) < 4.78 is 11.8. The van der Waals surface area contributed by atoms with Crippen molar-refractivity contribution >= 4 is 32.9 Å². The maximum absolute atomic E-state index is 12.4. The van der Waals surface area contributed by atoms with Gasteiger partial charge >= 0.3 is 0 Å². The minimum absolute atomic E-state index is 0.0667. The lowest BCUT2D eigenvalue weighted by molar-refractivity contribution is 0.201. The van der Waals surface area contributed by atoms with Gasteiger partial charge in [-0.3, -0.25) is 9.69 Å². The van der Waals surface area contributed by atoms with Gasteiger partial charge in [-0.25, -0.2) is 4.98 Å². The molecule has 154 valence electrons. The summed E-state index contributed by atoms with van der Waals surface area (Å²) in [5, 5.41) is 4.00. The molecule has 0 spiro atoms. The number of aromatic amines is 1. The Morgan fingerprint density at radius 2 is 2.00 bits per heavy atom. The van der Waals surface area contributed by atoms with E-state index in [9.17, 15) is 4.79 Å². The van der Waals surface area contributed by atoms with Crippen molar-refractivity contribution in [2.75, 3.05) is 20.8 Å². The van der Waals surface area contributed by atoms with Gasteiger partial charge < -0.3 is 14.5 Å². The highest BCUT2D eigenvalue weighted by atomic mass is 32.1. The Morgan fingerprint density at radius 1 is 1.17 bits per heavy atom. The number of aromatic nitrogens is 2. The van der Waals surface area contributed by atoms with Crippen molar-refractivity contribution in [3.8, 4) is 11.5 Å². The summed E-state index contributed by atoms with van der Waals surface area (Å²) in [5.41, 5.74) is 3.16. The second kappa shape index (κ2) is 7.86. The molecular formula is C22H21N3O3S2. The molecule has 0 saturated carbocycles. The van der Waals surface area contributed by atoms with E-state index in [0.29, 0.717) is 17.1 Å². The van der Waals surface area contributed by atoms with Gasteiger partial charge in [0.05, 0.1) is 32.3 Å². The molecule has 0 saturated heterocycles. The number of methoxy groups -OCH3 is 2. The number of thiophene rings is 2. The Labute approximate surface area is 181 Å². The van der Waals surface area contributed by atoms with E-state index in [1.54, 1.807) is 25.6 Å². The third kappa shape index (κ3) is 3.30. The van der Waals surface area contributed by atoms with Crippen LogP contribution >= 0.6 is 22.7 Å². The molecule has 0 unspecified atom stereocenters. The average molecular weight is 440 g/mol. The maximum atomic E-state index is 12.4. The van der Waals surface area contributed by atoms with Crippen LogP contribution in [0.5, 0.6) is 11.5 Å². The van der Waals surface area contributed by atoms with E-state index in [0.717, 1.165) is 30.0 Å². The molecule has 0 radical (unpaired) electrons. The minimum Gasteiger partial charge on any atom is -0.493 e. The number of H-pyrrole nitrogens is 1. The van der Waals surface area contributed by atoms with Gasteiger partial charge in [-0.05, 0) is 52.6 Å². The smallest absolute Gasteiger partial charge is 0.268 e. The maximum Gasteiger partial charge on any atom is 0.268 e. The number of hydrogen-bond acceptors (Lipinski definition) is 7. The number of ether oxygens (including phenoxy) is 2. The van der Waals surface area contributed by atoms with Crippen LogP contribution < -0.4 is 15.0 Å². The molecule has 1 aliphatic rings. The first kappa shape index (κ1) is 19.3. The quantitative estimate of drug-likeness (QED) is 0.505. The SMILES string of the molecule is COc1cc2c(cc1OC)[C@@H](c1cccs1)N(Cc1nc3ccsc3c(=O)[nH]1)CC2. The van der Waals surface area contributed by atoms with Gasteiger partial charge in [0.1, 0.15) is 10.5 Å². The molecule has 30 heavy (non-hydrogen) atoms. The Hall–Kier alpha value is -2.68. The van der Waals surface area contributed by atoms with Gasteiger partial charge in [0.25, 0.3) is 5.56 Å². The van der Waals surface area contributed by atoms with Crippen molar-refractivity contribution in [1.29, 1.82) is 0 Å². The lowest BCUT2D eigenvalue weighted by Gasteiger charge is -2.37. The Bertz CT molecular complexity index is 1250. The molecule has 3 aromatic heterocycles. The van der Waals surface area contributed by atoms with E-state index in [2.05, 4.69) is 39.5 Å². The number of nitrogens with one attached hydrogen (secondary N) is 1. The fraction of sp³-hybridized carbons (Fsp3) is 0.273. The summed E-state index contributed by atoms with van der Waals surface area (Å²) in [6, 6.07) is 10.4. The van der Waals surface area contributed by atoms with Crippen LogP contribution in [-0.4, -0.2) is 35.6 Å². The van der Waals surface area contributed by atoms with Crippen molar-refractivity contribution in [3.05, 3.63) is 73.3 Å². The first-order valence-corrected chi connectivity index (χ1v) is 11.4. The number of benzene rings is 1. The van der Waals surface area contributed by atoms with Gasteiger partial charge in [-0.2, -0.15) is 0 Å². The van der Waals surface area contributed by atoms with Gasteiger partial charge in [-0.1, -0.05) is 6.07 Å². The van der Waals surface area contributed by atoms with Crippen molar-refractivity contribution in [1.82, 2.24) is 14.9 Å². The molecule has 8 heteroatoms. The summed E-state index contributed by atoms with van der Waals surface area (Å²) in [5.74, 6) is 2.17. The highest BCUT2D eigenvalue weighted by molar-refractivity contribution is 7.17. The zero-order valence-electron chi connectivity index (χ0n) is 16.7. The first-order chi connectivity index (χ1) is 14.7. The third-order valence-corrected chi connectivity index (χ3v) is 7.33. The van der Waals surface area contributed by atoms with E-state index >= 15 is 0 Å². The van der Waals surface area contributed by atoms with E-state index in [-0.39, 0.29) is 11.6 Å². The molecule has 0 aliphatic carbocycles. The van der Waals surface area contributed by atoms with Crippen LogP contribution in [0.3, 0.4) is 0 Å². The molecule has 1 N–H and O–H groups in total. The third-order valence-electron chi connectivity index (χ3n) is 5.50. The molecule has 4 heterocycles. The van der Waals surface area contributed by atoms with Gasteiger partial charge in [-0.15, -0.1) is 22.7 Å². The molecule has 1 aliphatic heterocycles. The first-order valence-electron chi connectivity index (χ1n) is 9.66. The normalized spacial score (nSPS) is 16.5. The predicted octanol–water partition coefficient (Wildman–Crippen LogP) is 4.21. The van der Waals surface area contributed by atoms with Gasteiger partial charge in [0.15, 0.2) is 11.5 Å². The Balaban J connectivity index is 1.57. The number of fused-ring (bicyclic) bond motifs is 2. The van der Waals surface area contributed by atoms with E-state index in [4.69, 9.17) is 14.5 Å². The summed E-state index contributed by atoms with van der Waals surface area (Å²) >= 11 is 3.16. The molecular weight excluding hydrogens is 418 g/mol. The lowest BCUT2D eigenvalue weighted by atomic mass is 9.91. The molecule has 1 atom stereocenters. The summed E-state index contributed by atoms with van der Waals surface area (Å²) in [7, 11) is 3.33. The zero-order chi connectivity index (χ0) is 20.7. The highest BCUT2D eigenvalue weighted by Gasteiger charge is 2.31. The fourth-order valence-electron chi connectivity index (χ4n) is 4.14. The van der Waals surface area contributed by atoms with Crippen LogP contribution in [-0.2, 0) is 13.0 Å². The van der Waals surface area contributed by atoms with Crippen molar-refractivity contribution in [2.45, 2.75) is 19.0 Å². The molecule has 0 amide bonds. The zero-order valence-corrected chi connectivity index (χ0v) is 18.3. The van der Waals surface area contributed by atoms with Crippen LogP contribution in [0.1, 0.15) is 27.9 Å². The number of nitrogens with zero attached hydrogens (tertiary/aromatic N) is 2. The van der Waals surface area contributed by atoms with Gasteiger partial charge in [0, 0.05) is 11.4 Å². The molecule has 5 rings (SSSR count). The average Bonchev–Trinajstić information content (AvgIpc) is 3.45. The minimum atomic E-state index is -0.0681. The second-order valence-electron chi connectivity index (χ2n) is 7.19. The van der Waals surface area contributed by atoms with Crippen molar-refractivity contribution in [3.63, 3.8) is 0 Å². The number of rotatable bonds is 5. The Kier molecular flexibility index (Phi) is 5.06. The summed E-state index contributed by atoms with van der Waals surface area (Å²) in [6.45, 7) is 1.42. The largest absolute Gasteiger partial charge is 0.493 e. The highest BCUT2D eigenvalue weighted by Crippen LogP contribution is 2.42. The monoisotopic (exact) mass is 439 g/mol. The topological polar surface area (TPSA) is 67.5 Å². The van der Waals surface area contributed by atoms with Crippen molar-refractivity contribution < 1.29 is 9.47 Å². The second-order valence-corrected chi connectivity index (χ2v) is 9.09. The standard InChI is InChI=1S/C22H21N3O3S2/c1-27-16-10-13-5-7-25(12-19-23-15-6-9-30-21(15)22(26)24-19)20(18-4-3-8-29-18)14(13)11-17(16)28-2/h3-4,6,8-11,20H,5,7,12H2,1-2H3,(H,23,24,26)/t20-/m0/s1. The molecule has 4 aromatic rings. The molecule has 6 nitrogen and oxygen atoms in total. The Morgan fingerprint density at radius 3 is 2.77 bits per heavy atom. The van der Waals surface area contributed by atoms with E-state index in [1.807, 2.05) is 11.4 Å². The predicted molar refractivity (Wildman–Crippen MR) is 120 cm³/mol. The van der Waals surface area contributed by atoms with E-state index in [1.165, 1.54) is 27.3 Å². The van der Waals surface area contributed by atoms with Crippen LogP contribution in [0.4, 0.5) is 0 Å². The molecule has 0 fully saturated rings. The lowest BCUT2D eigenvalue weighted by Crippen LogP contribution is -2.36. The molecule has 0 bridgehead atoms. The summed E-state index contributed by atoms with van der Waals surface area (Å²) in [4.78, 5) is 23.7. The van der Waals surface area contributed by atoms with Crippen LogP contribution in [0, 0.1) is 0 Å². The van der Waals surface area contributed by atoms with E-state index < -0.39 is 0 Å². The summed E-state index contributed by atoms with van der Waals surface area (Å²) in [6.07, 6.45) is 0.891. The molecule has 1 aromatic carbocycles. The van der Waals surface area contributed by atoms with Crippen molar-refractivity contribution in [2.24, 2.45) is 0 Å².